The van der Waals surface area contributed by atoms with Gasteiger partial charge in [0.1, 0.15) is 0 Å². The van der Waals surface area contributed by atoms with E-state index in [1.165, 1.54) is 11.3 Å². The number of nitrogens with one attached hydrogen (secondary N) is 1. The molecule has 0 spiro atoms. The molecule has 1 aromatic heterocycles. The summed E-state index contributed by atoms with van der Waals surface area (Å²) in [7, 11) is 0. The van der Waals surface area contributed by atoms with E-state index in [4.69, 9.17) is 0 Å². The summed E-state index contributed by atoms with van der Waals surface area (Å²) in [5.74, 6) is 0.679. The molecule has 0 bridgehead atoms. The number of hydrogen-bond acceptors (Lipinski definition) is 4. The normalized spacial score (nSPS) is 20.9. The lowest BCUT2D eigenvalue weighted by Gasteiger charge is -2.04. The fraction of sp³-hybridized carbons (Fsp3) is 0.692. The van der Waals surface area contributed by atoms with Crippen molar-refractivity contribution < 1.29 is 4.92 Å². The number of nitrogens with zero attached hydrogens (tertiary/aromatic N) is 1. The summed E-state index contributed by atoms with van der Waals surface area (Å²) >= 11 is 1.19. The van der Waals surface area contributed by atoms with E-state index in [0.717, 1.165) is 12.1 Å². The number of thiophene rings is 1. The van der Waals surface area contributed by atoms with Crippen molar-refractivity contribution in [1.29, 1.82) is 0 Å². The van der Waals surface area contributed by atoms with Crippen LogP contribution in [0, 0.1) is 26.9 Å². The SMILES string of the molecule is CC1(C)C(CNCc2csc([N+](=O)[O-])c2)C1(C)C. The third kappa shape index (κ3) is 2.17. The molecule has 0 aliphatic heterocycles. The highest BCUT2D eigenvalue weighted by atomic mass is 32.1. The highest BCUT2D eigenvalue weighted by Gasteiger charge is 2.63. The smallest absolute Gasteiger partial charge is 0.312 e. The molecule has 0 saturated heterocycles. The molecular weight excluding hydrogens is 248 g/mol. The second-order valence-corrected chi connectivity index (χ2v) is 7.07. The van der Waals surface area contributed by atoms with Crippen molar-refractivity contribution in [3.05, 3.63) is 27.1 Å². The summed E-state index contributed by atoms with van der Waals surface area (Å²) < 4.78 is 0. The molecule has 1 aliphatic carbocycles. The molecule has 0 unspecified atom stereocenters. The van der Waals surface area contributed by atoms with Crippen molar-refractivity contribution in [1.82, 2.24) is 5.32 Å². The topological polar surface area (TPSA) is 55.2 Å². The Morgan fingerprint density at radius 3 is 2.44 bits per heavy atom. The van der Waals surface area contributed by atoms with Gasteiger partial charge in [-0.2, -0.15) is 0 Å². The van der Waals surface area contributed by atoms with Crippen LogP contribution in [0.2, 0.25) is 0 Å². The molecule has 1 fully saturated rings. The van der Waals surface area contributed by atoms with Crippen molar-refractivity contribution in [3.8, 4) is 0 Å². The van der Waals surface area contributed by atoms with Crippen LogP contribution in [-0.2, 0) is 6.54 Å². The monoisotopic (exact) mass is 268 g/mol. The minimum Gasteiger partial charge on any atom is -0.312 e. The summed E-state index contributed by atoms with van der Waals surface area (Å²) in [6.07, 6.45) is 0. The fourth-order valence-electron chi connectivity index (χ4n) is 2.76. The Morgan fingerprint density at radius 1 is 1.39 bits per heavy atom. The van der Waals surface area contributed by atoms with Gasteiger partial charge < -0.3 is 5.32 Å². The molecule has 1 aromatic rings. The zero-order valence-corrected chi connectivity index (χ0v) is 12.1. The third-order valence-electron chi connectivity index (χ3n) is 4.82. The van der Waals surface area contributed by atoms with E-state index in [0.29, 0.717) is 23.3 Å². The first kappa shape index (κ1) is 13.5. The molecular formula is C13H20N2O2S. The average Bonchev–Trinajstić information content (AvgIpc) is 2.67. The predicted molar refractivity (Wildman–Crippen MR) is 73.7 cm³/mol. The molecule has 1 N–H and O–H groups in total. The summed E-state index contributed by atoms with van der Waals surface area (Å²) in [4.78, 5) is 10.2. The van der Waals surface area contributed by atoms with Crippen LogP contribution >= 0.6 is 11.3 Å². The van der Waals surface area contributed by atoms with Gasteiger partial charge in [-0.1, -0.05) is 39.0 Å². The third-order valence-corrected chi connectivity index (χ3v) is 5.75. The summed E-state index contributed by atoms with van der Waals surface area (Å²) in [5, 5.41) is 16.1. The first-order chi connectivity index (χ1) is 8.26. The van der Waals surface area contributed by atoms with Crippen LogP contribution in [0.5, 0.6) is 0 Å². The van der Waals surface area contributed by atoms with E-state index in [1.807, 2.05) is 5.38 Å². The van der Waals surface area contributed by atoms with Crippen molar-refractivity contribution in [2.45, 2.75) is 34.2 Å². The number of hydrogen-bond donors (Lipinski definition) is 1. The molecule has 100 valence electrons. The molecule has 0 aromatic carbocycles. The Balaban J connectivity index is 1.81. The van der Waals surface area contributed by atoms with E-state index < -0.39 is 0 Å². The Hall–Kier alpha value is -0.940. The van der Waals surface area contributed by atoms with E-state index in [-0.39, 0.29) is 9.92 Å². The highest BCUT2D eigenvalue weighted by Crippen LogP contribution is 2.67. The lowest BCUT2D eigenvalue weighted by Crippen LogP contribution is -2.18. The van der Waals surface area contributed by atoms with Crippen molar-refractivity contribution in [3.63, 3.8) is 0 Å². The minimum absolute atomic E-state index is 0.221. The molecule has 2 rings (SSSR count). The quantitative estimate of drug-likeness (QED) is 0.657. The van der Waals surface area contributed by atoms with Crippen LogP contribution in [0.15, 0.2) is 11.4 Å². The van der Waals surface area contributed by atoms with Crippen LogP contribution in [0.3, 0.4) is 0 Å². The lowest BCUT2D eigenvalue weighted by molar-refractivity contribution is -0.380. The maximum absolute atomic E-state index is 10.6. The van der Waals surface area contributed by atoms with Crippen LogP contribution in [0.25, 0.3) is 0 Å². The zero-order chi connectivity index (χ0) is 13.6. The van der Waals surface area contributed by atoms with Gasteiger partial charge in [0.05, 0.1) is 4.92 Å². The first-order valence-corrected chi connectivity index (χ1v) is 7.07. The van der Waals surface area contributed by atoms with Crippen LogP contribution < -0.4 is 5.32 Å². The van der Waals surface area contributed by atoms with Gasteiger partial charge in [-0.25, -0.2) is 0 Å². The van der Waals surface area contributed by atoms with Crippen molar-refractivity contribution in [2.75, 3.05) is 6.54 Å². The van der Waals surface area contributed by atoms with Gasteiger partial charge in [0.2, 0.25) is 0 Å². The molecule has 5 heteroatoms. The van der Waals surface area contributed by atoms with Gasteiger partial charge in [0, 0.05) is 18.0 Å². The number of rotatable bonds is 5. The fourth-order valence-corrected chi connectivity index (χ4v) is 3.48. The molecule has 0 atom stereocenters. The Morgan fingerprint density at radius 2 is 2.00 bits per heavy atom. The minimum atomic E-state index is -0.332. The van der Waals surface area contributed by atoms with Gasteiger partial charge in [0.15, 0.2) is 0 Å². The van der Waals surface area contributed by atoms with Crippen molar-refractivity contribution in [2.24, 2.45) is 16.7 Å². The molecule has 1 heterocycles. The number of nitro groups is 1. The average molecular weight is 268 g/mol. The van der Waals surface area contributed by atoms with Gasteiger partial charge in [-0.15, -0.1) is 0 Å². The van der Waals surface area contributed by atoms with Crippen LogP contribution in [-0.4, -0.2) is 11.5 Å². The van der Waals surface area contributed by atoms with Gasteiger partial charge in [-0.3, -0.25) is 10.1 Å². The highest BCUT2D eigenvalue weighted by molar-refractivity contribution is 7.13. The van der Waals surface area contributed by atoms with Crippen LogP contribution in [0.4, 0.5) is 5.00 Å². The Kier molecular flexibility index (Phi) is 3.23. The van der Waals surface area contributed by atoms with Gasteiger partial charge in [-0.05, 0) is 28.9 Å². The van der Waals surface area contributed by atoms with E-state index in [9.17, 15) is 10.1 Å². The summed E-state index contributed by atoms with van der Waals surface area (Å²) in [6.45, 7) is 10.9. The molecule has 18 heavy (non-hydrogen) atoms. The predicted octanol–water partition coefficient (Wildman–Crippen LogP) is 3.43. The zero-order valence-electron chi connectivity index (χ0n) is 11.3. The molecule has 1 saturated carbocycles. The van der Waals surface area contributed by atoms with Crippen LogP contribution in [0.1, 0.15) is 33.3 Å². The second-order valence-electron chi connectivity index (χ2n) is 6.18. The maximum atomic E-state index is 10.6. The summed E-state index contributed by atoms with van der Waals surface area (Å²) in [5.41, 5.74) is 1.78. The Bertz CT molecular complexity index is 451. The molecule has 0 radical (unpaired) electrons. The maximum Gasteiger partial charge on any atom is 0.324 e. The largest absolute Gasteiger partial charge is 0.324 e. The van der Waals surface area contributed by atoms with E-state index in [2.05, 4.69) is 33.0 Å². The van der Waals surface area contributed by atoms with Gasteiger partial charge in [0.25, 0.3) is 0 Å². The Labute approximate surface area is 112 Å². The summed E-state index contributed by atoms with van der Waals surface area (Å²) in [6, 6.07) is 1.65. The van der Waals surface area contributed by atoms with Crippen molar-refractivity contribution >= 4 is 16.3 Å². The molecule has 1 aliphatic rings. The van der Waals surface area contributed by atoms with Gasteiger partial charge >= 0.3 is 5.00 Å². The molecule has 4 nitrogen and oxygen atoms in total. The second kappa shape index (κ2) is 4.31. The molecule has 0 amide bonds. The lowest BCUT2D eigenvalue weighted by atomic mass is 10.0. The standard InChI is InChI=1S/C13H20N2O2S/c1-12(2)10(13(12,3)4)7-14-6-9-5-11(15(16)17)18-8-9/h5,8,10,14H,6-7H2,1-4H3. The van der Waals surface area contributed by atoms with E-state index >= 15 is 0 Å². The first-order valence-electron chi connectivity index (χ1n) is 6.19. The van der Waals surface area contributed by atoms with E-state index in [1.54, 1.807) is 6.07 Å².